The maximum atomic E-state index is 13.8. The number of benzene rings is 1. The van der Waals surface area contributed by atoms with Crippen molar-refractivity contribution in [2.45, 2.75) is 37.8 Å². The molecule has 2 heterocycles. The van der Waals surface area contributed by atoms with E-state index in [4.69, 9.17) is 5.73 Å². The zero-order chi connectivity index (χ0) is 20.6. The largest absolute Gasteiger partial charge is 0.376 e. The van der Waals surface area contributed by atoms with Crippen molar-refractivity contribution < 1.29 is 27.1 Å². The highest BCUT2D eigenvalue weighted by Gasteiger charge is 2.30. The highest BCUT2D eigenvalue weighted by molar-refractivity contribution is 5.79. The van der Waals surface area contributed by atoms with Gasteiger partial charge in [0.25, 0.3) is 6.43 Å². The quantitative estimate of drug-likeness (QED) is 0.564. The van der Waals surface area contributed by atoms with Crippen molar-refractivity contribution in [2.24, 2.45) is 5.73 Å². The number of likely N-dealkylation sites (N-methyl/N-ethyl adjacent to an activating group) is 1. The summed E-state index contributed by atoms with van der Waals surface area (Å²) in [6.07, 6.45) is -5.00. The van der Waals surface area contributed by atoms with E-state index in [1.165, 1.54) is 11.6 Å². The number of fused-ring (bicyclic) bond motifs is 1. The Balaban J connectivity index is 1.99. The summed E-state index contributed by atoms with van der Waals surface area (Å²) in [4.78, 5) is 7.00. The van der Waals surface area contributed by atoms with E-state index in [2.05, 4.69) is 4.98 Å². The molecule has 1 aromatic heterocycles. The predicted octanol–water partition coefficient (Wildman–Crippen LogP) is 1.71. The normalized spacial score (nSPS) is 21.9. The molecule has 0 bridgehead atoms. The lowest BCUT2D eigenvalue weighted by atomic mass is 10.1. The van der Waals surface area contributed by atoms with Crippen LogP contribution in [0.3, 0.4) is 0 Å². The third-order valence-electron chi connectivity index (χ3n) is 4.90. The lowest BCUT2D eigenvalue weighted by molar-refractivity contribution is -0.0230. The minimum atomic E-state index is -2.65. The number of hydrogen-bond donors (Lipinski definition) is 2. The third kappa shape index (κ3) is 4.20. The van der Waals surface area contributed by atoms with Crippen molar-refractivity contribution in [3.05, 3.63) is 23.8 Å². The van der Waals surface area contributed by atoms with Crippen LogP contribution in [0, 0.1) is 11.6 Å². The number of halogens is 5. The standard InChI is InChI=1S/C17H22F5N5O/c1-25(7-15(21)22)16(28)8-27-14-5-11(20)10(19)4-13(14)24-17(27)26-3-2-9(18)12(23)6-26/h4-5,9,12,15-16,28H,2-3,6-8,23H2,1H3/t9-,12-,16?/m1/s1. The molecule has 0 amide bonds. The second-order valence-corrected chi connectivity index (χ2v) is 7.00. The van der Waals surface area contributed by atoms with Gasteiger partial charge >= 0.3 is 0 Å². The summed E-state index contributed by atoms with van der Waals surface area (Å²) in [5.74, 6) is -1.94. The molecule has 3 atom stereocenters. The SMILES string of the molecule is CN(CC(F)F)C(O)Cn1c(N2CC[C@@H](F)[C@H](N)C2)nc2cc(F)c(F)cc21. The number of hydrogen-bond acceptors (Lipinski definition) is 5. The topological polar surface area (TPSA) is 70.5 Å². The molecular formula is C17H22F5N5O. The van der Waals surface area contributed by atoms with Gasteiger partial charge in [0.15, 0.2) is 11.6 Å². The Morgan fingerprint density at radius 1 is 1.32 bits per heavy atom. The molecule has 156 valence electrons. The molecule has 0 saturated carbocycles. The Morgan fingerprint density at radius 3 is 2.64 bits per heavy atom. The number of anilines is 1. The van der Waals surface area contributed by atoms with Gasteiger partial charge in [0.05, 0.1) is 30.2 Å². The van der Waals surface area contributed by atoms with E-state index in [0.717, 1.165) is 17.0 Å². The first-order chi connectivity index (χ1) is 13.2. The van der Waals surface area contributed by atoms with E-state index >= 15 is 0 Å². The highest BCUT2D eigenvalue weighted by atomic mass is 19.3. The molecule has 28 heavy (non-hydrogen) atoms. The molecule has 1 aliphatic rings. The van der Waals surface area contributed by atoms with E-state index < -0.39 is 43.0 Å². The molecule has 3 N–H and O–H groups in total. The predicted molar refractivity (Wildman–Crippen MR) is 94.0 cm³/mol. The lowest BCUT2D eigenvalue weighted by Gasteiger charge is -2.34. The second-order valence-electron chi connectivity index (χ2n) is 7.00. The molecule has 2 aromatic rings. The highest BCUT2D eigenvalue weighted by Crippen LogP contribution is 2.28. The van der Waals surface area contributed by atoms with E-state index in [9.17, 15) is 27.1 Å². The van der Waals surface area contributed by atoms with Gasteiger partial charge in [0, 0.05) is 25.2 Å². The van der Waals surface area contributed by atoms with Crippen LogP contribution in [0.4, 0.5) is 27.9 Å². The summed E-state index contributed by atoms with van der Waals surface area (Å²) in [6.45, 7) is -0.486. The molecule has 11 heteroatoms. The zero-order valence-corrected chi connectivity index (χ0v) is 15.2. The Morgan fingerprint density at radius 2 is 2.00 bits per heavy atom. The first-order valence-electron chi connectivity index (χ1n) is 8.83. The fraction of sp³-hybridized carbons (Fsp3) is 0.588. The first kappa shape index (κ1) is 20.7. The fourth-order valence-electron chi connectivity index (χ4n) is 3.31. The molecule has 1 aromatic carbocycles. The Labute approximate surface area is 158 Å². The van der Waals surface area contributed by atoms with Crippen LogP contribution >= 0.6 is 0 Å². The van der Waals surface area contributed by atoms with Gasteiger partial charge in [-0.05, 0) is 13.5 Å². The average Bonchev–Trinajstić information content (AvgIpc) is 2.94. The summed E-state index contributed by atoms with van der Waals surface area (Å²) in [5.41, 5.74) is 6.11. The van der Waals surface area contributed by atoms with Crippen molar-refractivity contribution >= 4 is 17.0 Å². The van der Waals surface area contributed by atoms with Crippen LogP contribution in [-0.4, -0.2) is 71.1 Å². The average molecular weight is 407 g/mol. The number of nitrogens with two attached hydrogens (primary N) is 1. The minimum Gasteiger partial charge on any atom is -0.376 e. The van der Waals surface area contributed by atoms with E-state index in [0.29, 0.717) is 0 Å². The van der Waals surface area contributed by atoms with Crippen molar-refractivity contribution in [3.63, 3.8) is 0 Å². The molecule has 1 fully saturated rings. The molecule has 0 aliphatic carbocycles. The molecule has 1 unspecified atom stereocenters. The van der Waals surface area contributed by atoms with Crippen LogP contribution < -0.4 is 10.6 Å². The van der Waals surface area contributed by atoms with Gasteiger partial charge in [-0.25, -0.2) is 26.9 Å². The number of nitrogens with zero attached hydrogens (tertiary/aromatic N) is 4. The van der Waals surface area contributed by atoms with Gasteiger partial charge in [-0.15, -0.1) is 0 Å². The van der Waals surface area contributed by atoms with Gasteiger partial charge in [-0.3, -0.25) is 4.90 Å². The van der Waals surface area contributed by atoms with E-state index in [1.807, 2.05) is 0 Å². The number of aromatic nitrogens is 2. The number of imidazole rings is 1. The van der Waals surface area contributed by atoms with Gasteiger partial charge in [0.1, 0.15) is 12.4 Å². The number of rotatable bonds is 6. The molecule has 0 radical (unpaired) electrons. The maximum absolute atomic E-state index is 13.8. The van der Waals surface area contributed by atoms with Gasteiger partial charge in [-0.1, -0.05) is 0 Å². The Kier molecular flexibility index (Phi) is 6.06. The summed E-state index contributed by atoms with van der Waals surface area (Å²) in [7, 11) is 1.32. The van der Waals surface area contributed by atoms with E-state index in [1.54, 1.807) is 4.90 Å². The number of aliphatic hydroxyl groups is 1. The first-order valence-corrected chi connectivity index (χ1v) is 8.83. The lowest BCUT2D eigenvalue weighted by Crippen LogP contribution is -2.50. The van der Waals surface area contributed by atoms with Crippen LogP contribution in [0.5, 0.6) is 0 Å². The van der Waals surface area contributed by atoms with Crippen molar-refractivity contribution in [3.8, 4) is 0 Å². The molecule has 1 saturated heterocycles. The Bertz CT molecular complexity index is 832. The van der Waals surface area contributed by atoms with Crippen LogP contribution in [0.1, 0.15) is 6.42 Å². The van der Waals surface area contributed by atoms with Crippen molar-refractivity contribution in [1.82, 2.24) is 14.5 Å². The van der Waals surface area contributed by atoms with Crippen LogP contribution in [0.15, 0.2) is 12.1 Å². The number of piperidine rings is 1. The minimum absolute atomic E-state index is 0.123. The van der Waals surface area contributed by atoms with Crippen LogP contribution in [0.25, 0.3) is 11.0 Å². The van der Waals surface area contributed by atoms with Gasteiger partial charge in [-0.2, -0.15) is 0 Å². The molecule has 0 spiro atoms. The van der Waals surface area contributed by atoms with Gasteiger partial charge in [0.2, 0.25) is 5.95 Å². The molecule has 6 nitrogen and oxygen atoms in total. The summed E-state index contributed by atoms with van der Waals surface area (Å²) >= 11 is 0. The number of alkyl halides is 3. The molecular weight excluding hydrogens is 385 g/mol. The van der Waals surface area contributed by atoms with Crippen molar-refractivity contribution in [2.75, 3.05) is 31.6 Å². The maximum Gasteiger partial charge on any atom is 0.251 e. The van der Waals surface area contributed by atoms with Crippen LogP contribution in [0.2, 0.25) is 0 Å². The molecule has 1 aliphatic heterocycles. The summed E-state index contributed by atoms with van der Waals surface area (Å²) in [6, 6.07) is 1.09. The zero-order valence-electron chi connectivity index (χ0n) is 15.2. The summed E-state index contributed by atoms with van der Waals surface area (Å²) < 4.78 is 67.8. The second kappa shape index (κ2) is 8.18. The van der Waals surface area contributed by atoms with E-state index in [-0.39, 0.29) is 43.0 Å². The number of aliphatic hydroxyl groups excluding tert-OH is 1. The monoisotopic (exact) mass is 407 g/mol. The molecule has 3 rings (SSSR count). The van der Waals surface area contributed by atoms with Crippen molar-refractivity contribution in [1.29, 1.82) is 0 Å². The smallest absolute Gasteiger partial charge is 0.251 e. The Hall–Kier alpha value is -1.98. The third-order valence-corrected chi connectivity index (χ3v) is 4.90. The van der Waals surface area contributed by atoms with Gasteiger partial charge < -0.3 is 20.3 Å². The van der Waals surface area contributed by atoms with Crippen LogP contribution in [-0.2, 0) is 6.54 Å². The fourth-order valence-corrected chi connectivity index (χ4v) is 3.31. The summed E-state index contributed by atoms with van der Waals surface area (Å²) in [5, 5.41) is 10.3.